The molecule has 0 aromatic heterocycles. The smallest absolute Gasteiger partial charge is 0.226 e. The van der Waals surface area contributed by atoms with Crippen LogP contribution < -0.4 is 11.1 Å². The first kappa shape index (κ1) is 15.4. The summed E-state index contributed by atoms with van der Waals surface area (Å²) in [4.78, 5) is 14.0. The lowest BCUT2D eigenvalue weighted by atomic mass is 9.92. The van der Waals surface area contributed by atoms with Gasteiger partial charge in [-0.1, -0.05) is 13.8 Å². The molecule has 1 unspecified atom stereocenters. The Morgan fingerprint density at radius 3 is 2.19 bits per heavy atom. The molecule has 16 heavy (non-hydrogen) atoms. The van der Waals surface area contributed by atoms with Crippen molar-refractivity contribution in [3.05, 3.63) is 0 Å². The van der Waals surface area contributed by atoms with Crippen LogP contribution >= 0.6 is 0 Å². The molecule has 0 saturated carbocycles. The predicted octanol–water partition coefficient (Wildman–Crippen LogP) is 0.674. The fraction of sp³-hybridized carbons (Fsp3) is 0.917. The number of hydrogen-bond acceptors (Lipinski definition) is 3. The average Bonchev–Trinajstić information content (AvgIpc) is 2.16. The van der Waals surface area contributed by atoms with E-state index >= 15 is 0 Å². The van der Waals surface area contributed by atoms with Gasteiger partial charge in [-0.25, -0.2) is 0 Å². The molecule has 0 aromatic rings. The van der Waals surface area contributed by atoms with Gasteiger partial charge in [-0.05, 0) is 33.9 Å². The molecule has 0 aromatic carbocycles. The molecule has 0 aliphatic carbocycles. The Hall–Kier alpha value is -0.610. The fourth-order valence-corrected chi connectivity index (χ4v) is 1.54. The third-order valence-electron chi connectivity index (χ3n) is 3.03. The highest BCUT2D eigenvalue weighted by Gasteiger charge is 2.26. The maximum absolute atomic E-state index is 11.8. The molecule has 0 radical (unpaired) electrons. The third-order valence-corrected chi connectivity index (χ3v) is 3.03. The molecule has 0 aliphatic heterocycles. The standard InChI is InChI=1S/C12H27N3O/c1-9(2)10(15(5)6)7-14-11(16)12(3,4)8-13/h9-10H,7-8,13H2,1-6H3,(H,14,16). The Balaban J connectivity index is 4.27. The second-order valence-electron chi connectivity index (χ2n) is 5.57. The summed E-state index contributed by atoms with van der Waals surface area (Å²) >= 11 is 0. The van der Waals surface area contributed by atoms with Gasteiger partial charge < -0.3 is 16.0 Å². The molecule has 3 N–H and O–H groups in total. The van der Waals surface area contributed by atoms with Gasteiger partial charge in [0.1, 0.15) is 0 Å². The second-order valence-corrected chi connectivity index (χ2v) is 5.57. The van der Waals surface area contributed by atoms with Crippen LogP contribution in [0.1, 0.15) is 27.7 Å². The normalized spacial score (nSPS) is 14.3. The van der Waals surface area contributed by atoms with E-state index in [2.05, 4.69) is 24.1 Å². The molecule has 0 saturated heterocycles. The Bertz CT molecular complexity index is 216. The van der Waals surface area contributed by atoms with Crippen molar-refractivity contribution >= 4 is 5.91 Å². The summed E-state index contributed by atoms with van der Waals surface area (Å²) in [5.74, 6) is 0.541. The summed E-state index contributed by atoms with van der Waals surface area (Å²) in [6.45, 7) is 9.08. The van der Waals surface area contributed by atoms with Crippen LogP contribution in [-0.2, 0) is 4.79 Å². The van der Waals surface area contributed by atoms with Gasteiger partial charge in [-0.2, -0.15) is 0 Å². The lowest BCUT2D eigenvalue weighted by Crippen LogP contribution is -2.48. The van der Waals surface area contributed by atoms with Crippen molar-refractivity contribution in [2.24, 2.45) is 17.1 Å². The van der Waals surface area contributed by atoms with E-state index in [-0.39, 0.29) is 5.91 Å². The molecule has 1 amide bonds. The van der Waals surface area contributed by atoms with Crippen molar-refractivity contribution in [1.29, 1.82) is 0 Å². The largest absolute Gasteiger partial charge is 0.354 e. The predicted molar refractivity (Wildman–Crippen MR) is 68.2 cm³/mol. The van der Waals surface area contributed by atoms with E-state index in [1.54, 1.807) is 0 Å². The van der Waals surface area contributed by atoms with Crippen molar-refractivity contribution in [2.45, 2.75) is 33.7 Å². The van der Waals surface area contributed by atoms with Gasteiger partial charge in [-0.3, -0.25) is 4.79 Å². The lowest BCUT2D eigenvalue weighted by Gasteiger charge is -2.30. The van der Waals surface area contributed by atoms with Crippen molar-refractivity contribution in [3.8, 4) is 0 Å². The first-order chi connectivity index (χ1) is 7.22. The van der Waals surface area contributed by atoms with Crippen LogP contribution in [0.4, 0.5) is 0 Å². The third kappa shape index (κ3) is 4.49. The van der Waals surface area contributed by atoms with E-state index in [0.717, 1.165) is 0 Å². The van der Waals surface area contributed by atoms with Gasteiger partial charge in [-0.15, -0.1) is 0 Å². The van der Waals surface area contributed by atoms with Gasteiger partial charge >= 0.3 is 0 Å². The van der Waals surface area contributed by atoms with Crippen molar-refractivity contribution in [1.82, 2.24) is 10.2 Å². The first-order valence-corrected chi connectivity index (χ1v) is 5.87. The molecule has 0 heterocycles. The summed E-state index contributed by atoms with van der Waals surface area (Å²) in [7, 11) is 4.07. The Morgan fingerprint density at radius 2 is 1.88 bits per heavy atom. The summed E-state index contributed by atoms with van der Waals surface area (Å²) in [6, 6.07) is 0.359. The topological polar surface area (TPSA) is 58.4 Å². The summed E-state index contributed by atoms with van der Waals surface area (Å²) in [5, 5.41) is 2.98. The number of hydrogen-bond donors (Lipinski definition) is 2. The van der Waals surface area contributed by atoms with Crippen molar-refractivity contribution in [2.75, 3.05) is 27.2 Å². The van der Waals surface area contributed by atoms with Crippen molar-refractivity contribution in [3.63, 3.8) is 0 Å². The fourth-order valence-electron chi connectivity index (χ4n) is 1.54. The first-order valence-electron chi connectivity index (χ1n) is 5.87. The Kier molecular flexibility index (Phi) is 5.97. The highest BCUT2D eigenvalue weighted by atomic mass is 16.2. The van der Waals surface area contributed by atoms with Crippen LogP contribution in [0.25, 0.3) is 0 Å². The van der Waals surface area contributed by atoms with Crippen LogP contribution in [0.5, 0.6) is 0 Å². The number of rotatable bonds is 6. The van der Waals surface area contributed by atoms with E-state index in [9.17, 15) is 4.79 Å². The Morgan fingerprint density at radius 1 is 1.38 bits per heavy atom. The van der Waals surface area contributed by atoms with Gasteiger partial charge in [0.2, 0.25) is 5.91 Å². The lowest BCUT2D eigenvalue weighted by molar-refractivity contribution is -0.129. The zero-order valence-electron chi connectivity index (χ0n) is 11.5. The van der Waals surface area contributed by atoms with E-state index in [1.165, 1.54) is 0 Å². The van der Waals surface area contributed by atoms with Gasteiger partial charge in [0.05, 0.1) is 5.41 Å². The molecule has 0 spiro atoms. The zero-order chi connectivity index (χ0) is 12.9. The number of nitrogens with two attached hydrogens (primary N) is 1. The average molecular weight is 229 g/mol. The SMILES string of the molecule is CC(C)C(CNC(=O)C(C)(C)CN)N(C)C. The minimum absolute atomic E-state index is 0.0301. The molecule has 96 valence electrons. The molecule has 1 atom stereocenters. The number of carbonyl (C=O) groups is 1. The number of carbonyl (C=O) groups excluding carboxylic acids is 1. The summed E-state index contributed by atoms with van der Waals surface area (Å²) in [5.41, 5.74) is 5.08. The zero-order valence-corrected chi connectivity index (χ0v) is 11.5. The second kappa shape index (κ2) is 6.21. The minimum atomic E-state index is -0.478. The van der Waals surface area contributed by atoms with Crippen LogP contribution in [0.3, 0.4) is 0 Å². The monoisotopic (exact) mass is 229 g/mol. The number of amides is 1. The highest BCUT2D eigenvalue weighted by Crippen LogP contribution is 2.13. The van der Waals surface area contributed by atoms with Crippen LogP contribution in [0.2, 0.25) is 0 Å². The van der Waals surface area contributed by atoms with E-state index in [1.807, 2.05) is 27.9 Å². The quantitative estimate of drug-likeness (QED) is 0.704. The molecule has 4 heteroatoms. The maximum Gasteiger partial charge on any atom is 0.226 e. The van der Waals surface area contributed by atoms with Crippen molar-refractivity contribution < 1.29 is 4.79 Å². The summed E-state index contributed by atoms with van der Waals surface area (Å²) < 4.78 is 0. The van der Waals surface area contributed by atoms with Crippen LogP contribution in [0, 0.1) is 11.3 Å². The van der Waals surface area contributed by atoms with Gasteiger partial charge in [0.25, 0.3) is 0 Å². The molecule has 0 bridgehead atoms. The molecule has 0 aliphatic rings. The van der Waals surface area contributed by atoms with E-state index in [4.69, 9.17) is 5.73 Å². The molecular weight excluding hydrogens is 202 g/mol. The number of nitrogens with zero attached hydrogens (tertiary/aromatic N) is 1. The van der Waals surface area contributed by atoms with Gasteiger partial charge in [0.15, 0.2) is 0 Å². The van der Waals surface area contributed by atoms with Gasteiger partial charge in [0, 0.05) is 19.1 Å². The van der Waals surface area contributed by atoms with E-state index < -0.39 is 5.41 Å². The number of likely N-dealkylation sites (N-methyl/N-ethyl adjacent to an activating group) is 1. The van der Waals surface area contributed by atoms with Crippen LogP contribution in [-0.4, -0.2) is 44.0 Å². The molecule has 0 fully saturated rings. The minimum Gasteiger partial charge on any atom is -0.354 e. The molecule has 4 nitrogen and oxygen atoms in total. The maximum atomic E-state index is 11.8. The Labute approximate surface area is 99.6 Å². The number of nitrogens with one attached hydrogen (secondary N) is 1. The highest BCUT2D eigenvalue weighted by molar-refractivity contribution is 5.82. The molecule has 0 rings (SSSR count). The summed E-state index contributed by atoms with van der Waals surface area (Å²) in [6.07, 6.45) is 0. The van der Waals surface area contributed by atoms with Crippen LogP contribution in [0.15, 0.2) is 0 Å². The molecular formula is C12H27N3O. The van der Waals surface area contributed by atoms with E-state index in [0.29, 0.717) is 25.0 Å².